The van der Waals surface area contributed by atoms with Crippen molar-refractivity contribution in [2.24, 2.45) is 23.2 Å². The van der Waals surface area contributed by atoms with Gasteiger partial charge in [0.25, 0.3) is 0 Å². The van der Waals surface area contributed by atoms with E-state index in [1.807, 2.05) is 20.8 Å². The summed E-state index contributed by atoms with van der Waals surface area (Å²) in [5.41, 5.74) is -0.242. The lowest BCUT2D eigenvalue weighted by atomic mass is 9.86. The van der Waals surface area contributed by atoms with Crippen molar-refractivity contribution in [1.29, 1.82) is 0 Å². The summed E-state index contributed by atoms with van der Waals surface area (Å²) in [4.78, 5) is 37.8. The van der Waals surface area contributed by atoms with Crippen LogP contribution in [0.4, 0.5) is 0 Å². The summed E-state index contributed by atoms with van der Waals surface area (Å²) in [6, 6.07) is 0. The standard InChI is InChI=1S/C27H47NO8/c1-17(2)19(25(33)28-14-15-36-26(34)18-10-8-7-9-11-18)16-21(30)24(35-6)23(32)22(31)20(29)12-13-27(3,4)5/h12-13,17-20,22-24,29,31-32H,7-11,14-16H2,1-6H3,(H,28,33)/b13-12+/t19-,20+,22-,23+,24-/m0/s1. The zero-order valence-electron chi connectivity index (χ0n) is 22.7. The van der Waals surface area contributed by atoms with Gasteiger partial charge in [-0.15, -0.1) is 0 Å². The Balaban J connectivity index is 2.64. The molecule has 0 bridgehead atoms. The molecular weight excluding hydrogens is 466 g/mol. The fraction of sp³-hybridized carbons (Fsp3) is 0.815. The van der Waals surface area contributed by atoms with E-state index in [1.54, 1.807) is 19.9 Å². The number of amides is 1. The molecule has 36 heavy (non-hydrogen) atoms. The predicted octanol–water partition coefficient (Wildman–Crippen LogP) is 2.16. The molecule has 1 aliphatic carbocycles. The van der Waals surface area contributed by atoms with Gasteiger partial charge in [0.05, 0.1) is 12.5 Å². The molecule has 0 aromatic carbocycles. The third-order valence-corrected chi connectivity index (χ3v) is 6.52. The number of carbonyl (C=O) groups is 3. The molecule has 1 saturated carbocycles. The first-order chi connectivity index (χ1) is 16.8. The van der Waals surface area contributed by atoms with Crippen LogP contribution in [-0.4, -0.2) is 77.7 Å². The maximum absolute atomic E-state index is 12.9. The summed E-state index contributed by atoms with van der Waals surface area (Å²) in [5.74, 6) is -2.13. The van der Waals surface area contributed by atoms with E-state index in [-0.39, 0.29) is 48.7 Å². The third kappa shape index (κ3) is 11.1. The first kappa shape index (κ1) is 32.2. The number of methoxy groups -OCH3 is 1. The van der Waals surface area contributed by atoms with Gasteiger partial charge in [0.2, 0.25) is 5.91 Å². The molecule has 1 amide bonds. The van der Waals surface area contributed by atoms with Gasteiger partial charge in [0.1, 0.15) is 31.0 Å². The Labute approximate surface area is 215 Å². The van der Waals surface area contributed by atoms with Crippen LogP contribution in [0.15, 0.2) is 12.2 Å². The minimum absolute atomic E-state index is 0.0609. The van der Waals surface area contributed by atoms with Crippen molar-refractivity contribution < 1.29 is 39.2 Å². The molecule has 0 aromatic heterocycles. The number of Topliss-reactive ketones (excluding diaryl/α,β-unsaturated/α-hetero) is 1. The number of hydrogen-bond donors (Lipinski definition) is 4. The SMILES string of the molecule is CO[C@@H](C(=O)C[C@H](C(=O)NCCOC(=O)C1CCCCC1)C(C)C)[C@H](O)[C@@H](O)[C@H](O)/C=C/C(C)(C)C. The Morgan fingerprint density at radius 3 is 2.17 bits per heavy atom. The molecule has 0 unspecified atom stereocenters. The highest BCUT2D eigenvalue weighted by Gasteiger charge is 2.37. The topological polar surface area (TPSA) is 142 Å². The lowest BCUT2D eigenvalue weighted by Crippen LogP contribution is -2.49. The van der Waals surface area contributed by atoms with Gasteiger partial charge in [-0.25, -0.2) is 0 Å². The van der Waals surface area contributed by atoms with E-state index in [4.69, 9.17) is 9.47 Å². The number of carbonyl (C=O) groups excluding carboxylic acids is 3. The summed E-state index contributed by atoms with van der Waals surface area (Å²) in [5, 5.41) is 33.8. The molecule has 9 heteroatoms. The number of rotatable bonds is 14. The largest absolute Gasteiger partial charge is 0.464 e. The zero-order chi connectivity index (χ0) is 27.5. The molecular formula is C27H47NO8. The fourth-order valence-electron chi connectivity index (χ4n) is 4.22. The summed E-state index contributed by atoms with van der Waals surface area (Å²) in [7, 11) is 1.22. The number of ketones is 1. The van der Waals surface area contributed by atoms with Crippen LogP contribution >= 0.6 is 0 Å². The Morgan fingerprint density at radius 2 is 1.64 bits per heavy atom. The number of hydrogen-bond acceptors (Lipinski definition) is 8. The van der Waals surface area contributed by atoms with Gasteiger partial charge in [-0.1, -0.05) is 66.0 Å². The Bertz CT molecular complexity index is 724. The molecule has 0 aromatic rings. The highest BCUT2D eigenvalue weighted by atomic mass is 16.5. The molecule has 0 heterocycles. The van der Waals surface area contributed by atoms with E-state index in [9.17, 15) is 29.7 Å². The first-order valence-corrected chi connectivity index (χ1v) is 13.0. The van der Waals surface area contributed by atoms with Crippen molar-refractivity contribution in [3.05, 3.63) is 12.2 Å². The van der Waals surface area contributed by atoms with Crippen LogP contribution in [0.5, 0.6) is 0 Å². The molecule has 5 atom stereocenters. The Kier molecular flexibility index (Phi) is 13.8. The van der Waals surface area contributed by atoms with E-state index in [0.29, 0.717) is 0 Å². The van der Waals surface area contributed by atoms with Gasteiger partial charge in [0.15, 0.2) is 5.78 Å². The molecule has 9 nitrogen and oxygen atoms in total. The summed E-state index contributed by atoms with van der Waals surface area (Å²) in [6.45, 7) is 9.54. The maximum Gasteiger partial charge on any atom is 0.308 e. The second-order valence-electron chi connectivity index (χ2n) is 11.2. The lowest BCUT2D eigenvalue weighted by molar-refractivity contribution is -0.150. The number of ether oxygens (including phenoxy) is 2. The van der Waals surface area contributed by atoms with Gasteiger partial charge in [-0.05, 0) is 24.2 Å². The Hall–Kier alpha value is -1.81. The molecule has 1 aliphatic rings. The molecule has 0 spiro atoms. The molecule has 1 rings (SSSR count). The van der Waals surface area contributed by atoms with E-state index in [0.717, 1.165) is 32.1 Å². The van der Waals surface area contributed by atoms with Gasteiger partial charge >= 0.3 is 5.97 Å². The van der Waals surface area contributed by atoms with Gasteiger partial charge in [-0.2, -0.15) is 0 Å². The average molecular weight is 514 g/mol. The van der Waals surface area contributed by atoms with Crippen molar-refractivity contribution >= 4 is 17.7 Å². The van der Waals surface area contributed by atoms with Crippen LogP contribution in [0.3, 0.4) is 0 Å². The van der Waals surface area contributed by atoms with E-state index < -0.39 is 36.1 Å². The number of aliphatic hydroxyl groups excluding tert-OH is 3. The van der Waals surface area contributed by atoms with Crippen LogP contribution in [-0.2, 0) is 23.9 Å². The van der Waals surface area contributed by atoms with Crippen molar-refractivity contribution in [3.8, 4) is 0 Å². The zero-order valence-corrected chi connectivity index (χ0v) is 22.7. The van der Waals surface area contributed by atoms with Crippen molar-refractivity contribution in [1.82, 2.24) is 5.32 Å². The van der Waals surface area contributed by atoms with Crippen molar-refractivity contribution in [2.45, 2.75) is 97.6 Å². The van der Waals surface area contributed by atoms with Crippen LogP contribution in [0.1, 0.15) is 73.1 Å². The highest BCUT2D eigenvalue weighted by Crippen LogP contribution is 2.25. The smallest absolute Gasteiger partial charge is 0.308 e. The number of allylic oxidation sites excluding steroid dienone is 1. The first-order valence-electron chi connectivity index (χ1n) is 13.0. The second kappa shape index (κ2) is 15.4. The third-order valence-electron chi connectivity index (χ3n) is 6.52. The second-order valence-corrected chi connectivity index (χ2v) is 11.2. The minimum atomic E-state index is -1.68. The monoisotopic (exact) mass is 513 g/mol. The van der Waals surface area contributed by atoms with E-state index in [1.165, 1.54) is 13.2 Å². The van der Waals surface area contributed by atoms with Crippen LogP contribution in [0.25, 0.3) is 0 Å². The molecule has 0 aliphatic heterocycles. The Morgan fingerprint density at radius 1 is 1.03 bits per heavy atom. The number of nitrogens with one attached hydrogen (secondary N) is 1. The van der Waals surface area contributed by atoms with E-state index in [2.05, 4.69) is 5.32 Å². The molecule has 0 radical (unpaired) electrons. The van der Waals surface area contributed by atoms with Gasteiger partial charge < -0.3 is 30.1 Å². The maximum atomic E-state index is 12.9. The van der Waals surface area contributed by atoms with Crippen molar-refractivity contribution in [3.63, 3.8) is 0 Å². The lowest BCUT2D eigenvalue weighted by Gasteiger charge is -2.28. The highest BCUT2D eigenvalue weighted by molar-refractivity contribution is 5.89. The number of esters is 1. The van der Waals surface area contributed by atoms with E-state index >= 15 is 0 Å². The molecule has 1 fully saturated rings. The van der Waals surface area contributed by atoms with Crippen LogP contribution < -0.4 is 5.32 Å². The summed E-state index contributed by atoms with van der Waals surface area (Å²) in [6.07, 6.45) is 1.59. The molecule has 208 valence electrons. The summed E-state index contributed by atoms with van der Waals surface area (Å²) >= 11 is 0. The van der Waals surface area contributed by atoms with Crippen LogP contribution in [0, 0.1) is 23.2 Å². The average Bonchev–Trinajstić information content (AvgIpc) is 2.83. The quantitative estimate of drug-likeness (QED) is 0.157. The van der Waals surface area contributed by atoms with Gasteiger partial charge in [0, 0.05) is 19.4 Å². The number of aliphatic hydroxyl groups is 3. The molecule has 0 saturated heterocycles. The summed E-state index contributed by atoms with van der Waals surface area (Å²) < 4.78 is 10.4. The predicted molar refractivity (Wildman–Crippen MR) is 136 cm³/mol. The minimum Gasteiger partial charge on any atom is -0.464 e. The van der Waals surface area contributed by atoms with Gasteiger partial charge in [-0.3, -0.25) is 14.4 Å². The van der Waals surface area contributed by atoms with Crippen molar-refractivity contribution in [2.75, 3.05) is 20.3 Å². The van der Waals surface area contributed by atoms with Crippen LogP contribution in [0.2, 0.25) is 0 Å². The normalized spacial score (nSPS) is 19.5. The molecule has 4 N–H and O–H groups in total. The fourth-order valence-corrected chi connectivity index (χ4v) is 4.22.